The van der Waals surface area contributed by atoms with Crippen molar-refractivity contribution in [2.75, 3.05) is 7.11 Å². The lowest BCUT2D eigenvalue weighted by Gasteiger charge is -2.12. The van der Waals surface area contributed by atoms with Gasteiger partial charge in [-0.1, -0.05) is 0 Å². The van der Waals surface area contributed by atoms with Gasteiger partial charge in [-0.05, 0) is 47.1 Å². The number of carboxylic acid groups (broad SMARTS) is 1. The van der Waals surface area contributed by atoms with Gasteiger partial charge in [0.05, 0.1) is 12.7 Å². The molecule has 0 aliphatic rings. The van der Waals surface area contributed by atoms with Crippen LogP contribution in [0, 0.1) is 6.92 Å². The van der Waals surface area contributed by atoms with Gasteiger partial charge in [-0.25, -0.2) is 9.78 Å². The molecule has 1 heterocycles. The topological polar surface area (TPSA) is 68.7 Å². The fourth-order valence-electron chi connectivity index (χ4n) is 1.63. The minimum Gasteiger partial charge on any atom is -0.493 e. The van der Waals surface area contributed by atoms with Crippen molar-refractivity contribution < 1.29 is 19.4 Å². The number of rotatable bonds is 4. The molecule has 2 aromatic rings. The highest BCUT2D eigenvalue weighted by Gasteiger charge is 2.12. The third-order valence-corrected chi connectivity index (χ3v) is 3.05. The Labute approximate surface area is 124 Å². The van der Waals surface area contributed by atoms with E-state index in [2.05, 4.69) is 20.9 Å². The molecule has 0 aliphatic carbocycles. The Balaban J connectivity index is 2.40. The summed E-state index contributed by atoms with van der Waals surface area (Å²) >= 11 is 3.32. The SMILES string of the molecule is COc1ccc(C(=O)O)cc1Oc1ncc(Br)cc1C. The lowest BCUT2D eigenvalue weighted by molar-refractivity contribution is 0.0696. The van der Waals surface area contributed by atoms with Crippen LogP contribution in [0.15, 0.2) is 34.9 Å². The average molecular weight is 338 g/mol. The maximum absolute atomic E-state index is 11.0. The molecule has 0 unspecified atom stereocenters. The quantitative estimate of drug-likeness (QED) is 0.922. The molecule has 0 atom stereocenters. The summed E-state index contributed by atoms with van der Waals surface area (Å²) in [6.45, 7) is 1.85. The first-order valence-electron chi connectivity index (χ1n) is 5.72. The zero-order chi connectivity index (χ0) is 14.7. The normalized spacial score (nSPS) is 10.2. The summed E-state index contributed by atoms with van der Waals surface area (Å²) < 4.78 is 11.7. The van der Waals surface area contributed by atoms with Gasteiger partial charge < -0.3 is 14.6 Å². The standard InChI is InChI=1S/C14H12BrNO4/c1-8-5-10(15)7-16-13(8)20-12-6-9(14(17)18)3-4-11(12)19-2/h3-7H,1-2H3,(H,17,18). The van der Waals surface area contributed by atoms with Gasteiger partial charge in [0.25, 0.3) is 0 Å². The summed E-state index contributed by atoms with van der Waals surface area (Å²) in [6.07, 6.45) is 1.61. The molecule has 2 rings (SSSR count). The van der Waals surface area contributed by atoms with Gasteiger partial charge >= 0.3 is 5.97 Å². The third-order valence-electron chi connectivity index (χ3n) is 2.61. The monoisotopic (exact) mass is 337 g/mol. The Morgan fingerprint density at radius 3 is 2.65 bits per heavy atom. The van der Waals surface area contributed by atoms with E-state index >= 15 is 0 Å². The summed E-state index contributed by atoms with van der Waals surface area (Å²) in [5, 5.41) is 9.01. The van der Waals surface area contributed by atoms with Crippen LogP contribution in [0.1, 0.15) is 15.9 Å². The van der Waals surface area contributed by atoms with Gasteiger partial charge in [-0.3, -0.25) is 0 Å². The van der Waals surface area contributed by atoms with Gasteiger partial charge in [0, 0.05) is 16.2 Å². The molecule has 6 heteroatoms. The van der Waals surface area contributed by atoms with Crippen LogP contribution in [0.2, 0.25) is 0 Å². The Hall–Kier alpha value is -2.08. The van der Waals surface area contributed by atoms with E-state index in [1.54, 1.807) is 12.3 Å². The molecule has 1 N–H and O–H groups in total. The summed E-state index contributed by atoms with van der Waals surface area (Å²) in [7, 11) is 1.49. The molecule has 0 saturated carbocycles. The van der Waals surface area contributed by atoms with E-state index in [1.807, 2.05) is 13.0 Å². The minimum absolute atomic E-state index is 0.121. The van der Waals surface area contributed by atoms with E-state index in [1.165, 1.54) is 19.2 Å². The number of hydrogen-bond acceptors (Lipinski definition) is 4. The molecular weight excluding hydrogens is 326 g/mol. The number of methoxy groups -OCH3 is 1. The number of benzene rings is 1. The molecule has 0 fully saturated rings. The van der Waals surface area contributed by atoms with Crippen LogP contribution in [0.4, 0.5) is 0 Å². The van der Waals surface area contributed by atoms with Crippen molar-refractivity contribution in [2.45, 2.75) is 6.92 Å². The van der Waals surface area contributed by atoms with E-state index in [4.69, 9.17) is 14.6 Å². The number of aromatic carboxylic acids is 1. The summed E-state index contributed by atoms with van der Waals surface area (Å²) in [6, 6.07) is 6.27. The first-order valence-corrected chi connectivity index (χ1v) is 6.52. The van der Waals surface area contributed by atoms with Gasteiger partial charge in [0.1, 0.15) is 0 Å². The molecule has 0 spiro atoms. The number of halogens is 1. The van der Waals surface area contributed by atoms with Crippen molar-refractivity contribution in [3.63, 3.8) is 0 Å². The van der Waals surface area contributed by atoms with E-state index in [-0.39, 0.29) is 5.56 Å². The molecule has 0 aliphatic heterocycles. The smallest absolute Gasteiger partial charge is 0.335 e. The average Bonchev–Trinajstić information content (AvgIpc) is 2.41. The summed E-state index contributed by atoms with van der Waals surface area (Å²) in [5.41, 5.74) is 0.942. The molecule has 0 radical (unpaired) electrons. The van der Waals surface area contributed by atoms with Crippen molar-refractivity contribution in [1.29, 1.82) is 0 Å². The van der Waals surface area contributed by atoms with Crippen molar-refractivity contribution in [3.05, 3.63) is 46.1 Å². The Morgan fingerprint density at radius 1 is 1.30 bits per heavy atom. The fraction of sp³-hybridized carbons (Fsp3) is 0.143. The van der Waals surface area contributed by atoms with Gasteiger partial charge in [0.2, 0.25) is 5.88 Å². The van der Waals surface area contributed by atoms with Crippen LogP contribution in [0.5, 0.6) is 17.4 Å². The Morgan fingerprint density at radius 2 is 2.05 bits per heavy atom. The molecule has 5 nitrogen and oxygen atoms in total. The van der Waals surface area contributed by atoms with E-state index < -0.39 is 5.97 Å². The minimum atomic E-state index is -1.03. The van der Waals surface area contributed by atoms with Crippen molar-refractivity contribution in [2.24, 2.45) is 0 Å². The number of carbonyl (C=O) groups is 1. The summed E-state index contributed by atoms with van der Waals surface area (Å²) in [5.74, 6) is 0.122. The lowest BCUT2D eigenvalue weighted by Crippen LogP contribution is -1.99. The van der Waals surface area contributed by atoms with Crippen LogP contribution in [-0.2, 0) is 0 Å². The van der Waals surface area contributed by atoms with E-state index in [0.717, 1.165) is 10.0 Å². The molecule has 104 valence electrons. The highest BCUT2D eigenvalue weighted by Crippen LogP contribution is 2.33. The molecule has 0 amide bonds. The van der Waals surface area contributed by atoms with E-state index in [9.17, 15) is 4.79 Å². The van der Waals surface area contributed by atoms with E-state index in [0.29, 0.717) is 17.4 Å². The number of carboxylic acids is 1. The third kappa shape index (κ3) is 3.08. The van der Waals surface area contributed by atoms with Crippen molar-refractivity contribution in [1.82, 2.24) is 4.98 Å². The first kappa shape index (κ1) is 14.3. The van der Waals surface area contributed by atoms with Gasteiger partial charge in [0.15, 0.2) is 11.5 Å². The molecule has 1 aromatic heterocycles. The molecular formula is C14H12BrNO4. The highest BCUT2D eigenvalue weighted by molar-refractivity contribution is 9.10. The Bertz CT molecular complexity index is 658. The van der Waals surface area contributed by atoms with Crippen LogP contribution >= 0.6 is 15.9 Å². The number of nitrogens with zero attached hydrogens (tertiary/aromatic N) is 1. The zero-order valence-corrected chi connectivity index (χ0v) is 12.5. The highest BCUT2D eigenvalue weighted by atomic mass is 79.9. The van der Waals surface area contributed by atoms with Crippen LogP contribution in [-0.4, -0.2) is 23.2 Å². The van der Waals surface area contributed by atoms with Crippen LogP contribution in [0.3, 0.4) is 0 Å². The van der Waals surface area contributed by atoms with Crippen molar-refractivity contribution in [3.8, 4) is 17.4 Å². The van der Waals surface area contributed by atoms with Crippen LogP contribution < -0.4 is 9.47 Å². The largest absolute Gasteiger partial charge is 0.493 e. The van der Waals surface area contributed by atoms with Crippen LogP contribution in [0.25, 0.3) is 0 Å². The predicted molar refractivity (Wildman–Crippen MR) is 76.7 cm³/mol. The summed E-state index contributed by atoms with van der Waals surface area (Å²) in [4.78, 5) is 15.1. The molecule has 20 heavy (non-hydrogen) atoms. The zero-order valence-electron chi connectivity index (χ0n) is 10.9. The maximum atomic E-state index is 11.0. The predicted octanol–water partition coefficient (Wildman–Crippen LogP) is 3.65. The van der Waals surface area contributed by atoms with Crippen molar-refractivity contribution >= 4 is 21.9 Å². The molecule has 0 bridgehead atoms. The van der Waals surface area contributed by atoms with Gasteiger partial charge in [-0.2, -0.15) is 0 Å². The number of hydrogen-bond donors (Lipinski definition) is 1. The number of aromatic nitrogens is 1. The second kappa shape index (κ2) is 5.92. The number of pyridine rings is 1. The molecule has 1 aromatic carbocycles. The maximum Gasteiger partial charge on any atom is 0.335 e. The first-order chi connectivity index (χ1) is 9.51. The number of ether oxygens (including phenoxy) is 2. The fourth-order valence-corrected chi connectivity index (χ4v) is 2.07. The molecule has 0 saturated heterocycles. The Kier molecular flexibility index (Phi) is 4.24. The lowest BCUT2D eigenvalue weighted by atomic mass is 10.2. The van der Waals surface area contributed by atoms with Gasteiger partial charge in [-0.15, -0.1) is 0 Å². The second-order valence-corrected chi connectivity index (χ2v) is 4.96. The number of aryl methyl sites for hydroxylation is 1. The second-order valence-electron chi connectivity index (χ2n) is 4.05.